The van der Waals surface area contributed by atoms with Crippen LogP contribution in [0.25, 0.3) is 0 Å². The van der Waals surface area contributed by atoms with Crippen LogP contribution in [0.2, 0.25) is 0 Å². The summed E-state index contributed by atoms with van der Waals surface area (Å²) in [4.78, 5) is 12.0. The van der Waals surface area contributed by atoms with Gasteiger partial charge in [0, 0.05) is 5.41 Å². The Balaban J connectivity index is 2.06. The third-order valence-corrected chi connectivity index (χ3v) is 8.19. The van der Waals surface area contributed by atoms with E-state index >= 15 is 0 Å². The summed E-state index contributed by atoms with van der Waals surface area (Å²) in [5.41, 5.74) is -0.319. The van der Waals surface area contributed by atoms with Crippen molar-refractivity contribution >= 4 is 24.4 Å². The maximum Gasteiger partial charge on any atom is 0.247 e. The second kappa shape index (κ2) is 3.79. The fourth-order valence-electron chi connectivity index (χ4n) is 4.74. The van der Waals surface area contributed by atoms with E-state index in [-0.39, 0.29) is 37.2 Å². The molecule has 0 aromatic rings. The summed E-state index contributed by atoms with van der Waals surface area (Å²) in [5, 5.41) is 0. The Labute approximate surface area is 115 Å². The van der Waals surface area contributed by atoms with Crippen molar-refractivity contribution in [3.05, 3.63) is 0 Å². The summed E-state index contributed by atoms with van der Waals surface area (Å²) in [5.74, 6) is 0.0605. The van der Waals surface area contributed by atoms with E-state index in [0.717, 1.165) is 23.6 Å². The van der Waals surface area contributed by atoms with Crippen LogP contribution in [-0.4, -0.2) is 36.6 Å². The van der Waals surface area contributed by atoms with Gasteiger partial charge in [-0.3, -0.25) is 9.36 Å². The molecule has 1 saturated heterocycles. The second-order valence-corrected chi connectivity index (χ2v) is 9.02. The van der Waals surface area contributed by atoms with Gasteiger partial charge in [-0.15, -0.1) is 0 Å². The zero-order valence-corrected chi connectivity index (χ0v) is 12.8. The van der Waals surface area contributed by atoms with Gasteiger partial charge in [0.15, 0.2) is 8.46 Å². The smallest absolute Gasteiger partial charge is 0.247 e. The van der Waals surface area contributed by atoms with Gasteiger partial charge in [-0.2, -0.15) is 0 Å². The molecule has 3 aliphatic rings. The highest BCUT2D eigenvalue weighted by Crippen LogP contribution is 2.69. The lowest BCUT2D eigenvalue weighted by molar-refractivity contribution is -0.126. The SMILES string of the molecule is CC1(C)C2CC[C@]13CS(=O)(=O)N(C(=O)CP=O)C3C2. The summed E-state index contributed by atoms with van der Waals surface area (Å²) >= 11 is 0. The van der Waals surface area contributed by atoms with Crippen molar-refractivity contribution in [3.63, 3.8) is 0 Å². The first-order valence-electron chi connectivity index (χ1n) is 6.60. The molecular weight excluding hydrogens is 285 g/mol. The van der Waals surface area contributed by atoms with Crippen LogP contribution in [0.15, 0.2) is 0 Å². The van der Waals surface area contributed by atoms with Crippen molar-refractivity contribution < 1.29 is 17.8 Å². The maximum absolute atomic E-state index is 12.4. The number of rotatable bonds is 2. The largest absolute Gasteiger partial charge is 0.274 e. The lowest BCUT2D eigenvalue weighted by Gasteiger charge is -2.36. The molecule has 3 atom stereocenters. The molecule has 2 unspecified atom stereocenters. The minimum atomic E-state index is -3.54. The second-order valence-electron chi connectivity index (χ2n) is 6.60. The molecule has 2 bridgehead atoms. The topological polar surface area (TPSA) is 71.5 Å². The number of amides is 1. The van der Waals surface area contributed by atoms with Crippen LogP contribution < -0.4 is 0 Å². The first kappa shape index (κ1) is 13.5. The summed E-state index contributed by atoms with van der Waals surface area (Å²) in [6.45, 7) is 4.28. The van der Waals surface area contributed by atoms with Gasteiger partial charge < -0.3 is 0 Å². The van der Waals surface area contributed by atoms with E-state index in [1.807, 2.05) is 0 Å². The number of nitrogens with zero attached hydrogens (tertiary/aromatic N) is 1. The average molecular weight is 303 g/mol. The van der Waals surface area contributed by atoms with Gasteiger partial charge >= 0.3 is 0 Å². The van der Waals surface area contributed by atoms with Crippen molar-refractivity contribution in [2.45, 2.75) is 39.2 Å². The Bertz CT molecular complexity index is 558. The van der Waals surface area contributed by atoms with Crippen LogP contribution in [0.1, 0.15) is 33.1 Å². The molecule has 5 nitrogen and oxygen atoms in total. The normalized spacial score (nSPS) is 41.7. The van der Waals surface area contributed by atoms with Gasteiger partial charge in [0.05, 0.1) is 11.8 Å². The van der Waals surface area contributed by atoms with Crippen molar-refractivity contribution in [2.75, 3.05) is 11.9 Å². The first-order chi connectivity index (χ1) is 8.76. The minimum absolute atomic E-state index is 0.0328. The molecule has 3 fully saturated rings. The first-order valence-corrected chi connectivity index (χ1v) is 9.21. The van der Waals surface area contributed by atoms with Gasteiger partial charge in [0.1, 0.15) is 6.16 Å². The molecule has 1 amide bonds. The Morgan fingerprint density at radius 2 is 2.11 bits per heavy atom. The fourth-order valence-corrected chi connectivity index (χ4v) is 7.65. The number of sulfonamides is 1. The van der Waals surface area contributed by atoms with Crippen molar-refractivity contribution in [3.8, 4) is 0 Å². The number of fused-ring (bicyclic) bond motifs is 1. The van der Waals surface area contributed by atoms with Crippen molar-refractivity contribution in [1.82, 2.24) is 4.31 Å². The van der Waals surface area contributed by atoms with Crippen LogP contribution in [-0.2, 0) is 19.4 Å². The summed E-state index contributed by atoms with van der Waals surface area (Å²) in [6.07, 6.45) is 2.47. The molecule has 0 aromatic heterocycles. The van der Waals surface area contributed by atoms with Gasteiger partial charge in [-0.05, 0) is 30.6 Å². The monoisotopic (exact) mass is 303 g/mol. The molecule has 0 radical (unpaired) electrons. The van der Waals surface area contributed by atoms with Gasteiger partial charge in [0.2, 0.25) is 15.9 Å². The highest BCUT2D eigenvalue weighted by Gasteiger charge is 2.72. The average Bonchev–Trinajstić information content (AvgIpc) is 2.75. The van der Waals surface area contributed by atoms with E-state index in [4.69, 9.17) is 0 Å². The lowest BCUT2D eigenvalue weighted by atomic mass is 9.69. The van der Waals surface area contributed by atoms with Crippen LogP contribution in [0.4, 0.5) is 0 Å². The van der Waals surface area contributed by atoms with Crippen molar-refractivity contribution in [1.29, 1.82) is 0 Å². The Morgan fingerprint density at radius 1 is 1.42 bits per heavy atom. The van der Waals surface area contributed by atoms with E-state index in [0.29, 0.717) is 5.92 Å². The lowest BCUT2D eigenvalue weighted by Crippen LogP contribution is -2.44. The molecule has 3 rings (SSSR count). The summed E-state index contributed by atoms with van der Waals surface area (Å²) in [7, 11) is -3.86. The molecule has 0 aromatic carbocycles. The predicted octanol–water partition coefficient (Wildman–Crippen LogP) is 1.64. The zero-order valence-electron chi connectivity index (χ0n) is 11.1. The third-order valence-electron chi connectivity index (χ3n) is 5.86. The van der Waals surface area contributed by atoms with E-state index in [9.17, 15) is 17.8 Å². The van der Waals surface area contributed by atoms with Crippen LogP contribution in [0.5, 0.6) is 0 Å². The van der Waals surface area contributed by atoms with E-state index in [1.165, 1.54) is 0 Å². The van der Waals surface area contributed by atoms with Crippen LogP contribution in [0, 0.1) is 16.7 Å². The minimum Gasteiger partial charge on any atom is -0.274 e. The van der Waals surface area contributed by atoms with Gasteiger partial charge in [-0.25, -0.2) is 12.7 Å². The Hall–Kier alpha value is -0.480. The van der Waals surface area contributed by atoms with Gasteiger partial charge in [-0.1, -0.05) is 13.8 Å². The molecule has 1 spiro atoms. The van der Waals surface area contributed by atoms with Gasteiger partial charge in [0.25, 0.3) is 0 Å². The standard InChI is InChI=1S/C12H18NO4PS/c1-11(2)8-3-4-12(11)7-19(16,17)13(9(12)5-8)10(14)6-18-15/h8-9H,3-7H2,1-2H3/t8?,9?,12-/m1/s1. The molecule has 19 heavy (non-hydrogen) atoms. The van der Waals surface area contributed by atoms with E-state index < -0.39 is 15.9 Å². The molecule has 7 heteroatoms. The molecular formula is C12H18NO4PS. The molecule has 1 heterocycles. The van der Waals surface area contributed by atoms with E-state index in [1.54, 1.807) is 0 Å². The zero-order chi connectivity index (χ0) is 14.1. The van der Waals surface area contributed by atoms with E-state index in [2.05, 4.69) is 13.8 Å². The Kier molecular flexibility index (Phi) is 2.69. The highest BCUT2D eigenvalue weighted by molar-refractivity contribution is 7.90. The summed E-state index contributed by atoms with van der Waals surface area (Å²) in [6, 6.07) is -0.208. The Morgan fingerprint density at radius 3 is 2.68 bits per heavy atom. The highest BCUT2D eigenvalue weighted by atomic mass is 32.2. The molecule has 2 aliphatic carbocycles. The number of hydrogen-bond acceptors (Lipinski definition) is 4. The van der Waals surface area contributed by atoms with Crippen LogP contribution in [0.3, 0.4) is 0 Å². The third kappa shape index (κ3) is 1.47. The van der Waals surface area contributed by atoms with Crippen LogP contribution >= 0.6 is 8.46 Å². The molecule has 0 N–H and O–H groups in total. The maximum atomic E-state index is 12.4. The number of carbonyl (C=O) groups excluding carboxylic acids is 1. The molecule has 106 valence electrons. The fraction of sp³-hybridized carbons (Fsp3) is 0.917. The molecule has 1 aliphatic heterocycles. The quantitative estimate of drug-likeness (QED) is 0.727. The summed E-state index contributed by atoms with van der Waals surface area (Å²) < 4.78 is 36.4. The number of hydrogen-bond donors (Lipinski definition) is 0. The molecule has 2 saturated carbocycles. The predicted molar refractivity (Wildman–Crippen MR) is 70.4 cm³/mol. The number of carbonyl (C=O) groups is 1. The van der Waals surface area contributed by atoms with Crippen molar-refractivity contribution in [2.24, 2.45) is 16.7 Å².